The van der Waals surface area contributed by atoms with Crippen molar-refractivity contribution in [2.24, 2.45) is 5.14 Å². The van der Waals surface area contributed by atoms with Gasteiger partial charge < -0.3 is 11.1 Å². The molecule has 0 atom stereocenters. The molecule has 0 saturated heterocycles. The Labute approximate surface area is 120 Å². The van der Waals surface area contributed by atoms with Crippen molar-refractivity contribution < 1.29 is 13.2 Å². The molecule has 6 nitrogen and oxygen atoms in total. The van der Waals surface area contributed by atoms with E-state index >= 15 is 0 Å². The molecule has 1 aromatic heterocycles. The highest BCUT2D eigenvalue weighted by Crippen LogP contribution is 2.25. The van der Waals surface area contributed by atoms with E-state index in [9.17, 15) is 13.2 Å². The number of thiophene rings is 1. The summed E-state index contributed by atoms with van der Waals surface area (Å²) >= 11 is 1.24. The zero-order chi connectivity index (χ0) is 14.9. The predicted octanol–water partition coefficient (Wildman–Crippen LogP) is 1.54. The number of carbonyl (C=O) groups excluding carboxylic acids is 1. The van der Waals surface area contributed by atoms with Crippen LogP contribution in [0.3, 0.4) is 0 Å². The molecule has 0 radical (unpaired) electrons. The van der Waals surface area contributed by atoms with Crippen LogP contribution in [-0.2, 0) is 10.0 Å². The van der Waals surface area contributed by atoms with E-state index in [4.69, 9.17) is 10.9 Å². The summed E-state index contributed by atoms with van der Waals surface area (Å²) in [6, 6.07) is 7.50. The number of hydrogen-bond donors (Lipinski definition) is 3. The maximum atomic E-state index is 12.1. The minimum Gasteiger partial charge on any atom is -0.398 e. The highest BCUT2D eigenvalue weighted by molar-refractivity contribution is 7.89. The van der Waals surface area contributed by atoms with Gasteiger partial charge in [-0.05, 0) is 25.1 Å². The summed E-state index contributed by atoms with van der Waals surface area (Å²) in [7, 11) is -3.90. The molecule has 0 aliphatic heterocycles. The minimum atomic E-state index is -3.90. The second kappa shape index (κ2) is 5.23. The lowest BCUT2D eigenvalue weighted by atomic mass is 10.3. The van der Waals surface area contributed by atoms with Crippen LogP contribution in [0.4, 0.5) is 11.4 Å². The van der Waals surface area contributed by atoms with Gasteiger partial charge in [-0.25, -0.2) is 13.6 Å². The van der Waals surface area contributed by atoms with Crippen molar-refractivity contribution in [1.82, 2.24) is 0 Å². The zero-order valence-electron chi connectivity index (χ0n) is 10.6. The Bertz CT molecular complexity index is 747. The standard InChI is InChI=1S/C12H13N3O3S2/c1-7-8(13)6-10(19-7)12(16)15-9-4-2-3-5-11(9)20(14,17)18/h2-6H,13H2,1H3,(H,15,16)(H2,14,17,18). The molecule has 0 bridgehead atoms. The lowest BCUT2D eigenvalue weighted by Crippen LogP contribution is -2.17. The fourth-order valence-electron chi connectivity index (χ4n) is 1.61. The SMILES string of the molecule is Cc1sc(C(=O)Nc2ccccc2S(N)(=O)=O)cc1N. The average molecular weight is 311 g/mol. The summed E-state index contributed by atoms with van der Waals surface area (Å²) in [6.45, 7) is 1.80. The Morgan fingerprint density at radius 2 is 1.95 bits per heavy atom. The smallest absolute Gasteiger partial charge is 0.265 e. The molecule has 0 saturated carbocycles. The summed E-state index contributed by atoms with van der Waals surface area (Å²) in [5.41, 5.74) is 6.36. The van der Waals surface area contributed by atoms with Gasteiger partial charge in [0.25, 0.3) is 5.91 Å². The fourth-order valence-corrected chi connectivity index (χ4v) is 3.14. The molecule has 1 aromatic carbocycles. The van der Waals surface area contributed by atoms with E-state index in [1.54, 1.807) is 19.1 Å². The van der Waals surface area contributed by atoms with Gasteiger partial charge in [-0.15, -0.1) is 11.3 Å². The summed E-state index contributed by atoms with van der Waals surface area (Å²) in [6.07, 6.45) is 0. The Morgan fingerprint density at radius 3 is 2.50 bits per heavy atom. The lowest BCUT2D eigenvalue weighted by molar-refractivity contribution is 0.103. The van der Waals surface area contributed by atoms with Gasteiger partial charge in [-0.1, -0.05) is 12.1 Å². The number of benzene rings is 1. The van der Waals surface area contributed by atoms with E-state index in [1.807, 2.05) is 0 Å². The van der Waals surface area contributed by atoms with Crippen molar-refractivity contribution in [1.29, 1.82) is 0 Å². The van der Waals surface area contributed by atoms with E-state index in [-0.39, 0.29) is 10.6 Å². The molecule has 5 N–H and O–H groups in total. The van der Waals surface area contributed by atoms with Crippen LogP contribution < -0.4 is 16.2 Å². The number of rotatable bonds is 3. The largest absolute Gasteiger partial charge is 0.398 e. The Balaban J connectivity index is 2.33. The number of nitrogens with one attached hydrogen (secondary N) is 1. The molecular formula is C12H13N3O3S2. The number of nitrogens with two attached hydrogens (primary N) is 2. The van der Waals surface area contributed by atoms with Crippen LogP contribution in [0.2, 0.25) is 0 Å². The van der Waals surface area contributed by atoms with Crippen molar-refractivity contribution in [3.63, 3.8) is 0 Å². The van der Waals surface area contributed by atoms with E-state index < -0.39 is 15.9 Å². The van der Waals surface area contributed by atoms with Gasteiger partial charge in [0.2, 0.25) is 10.0 Å². The summed E-state index contributed by atoms with van der Waals surface area (Å²) < 4.78 is 22.9. The molecule has 106 valence electrons. The average Bonchev–Trinajstić information content (AvgIpc) is 2.69. The molecule has 0 aliphatic carbocycles. The number of primary sulfonamides is 1. The number of amides is 1. The van der Waals surface area contributed by atoms with Gasteiger partial charge in [0, 0.05) is 10.6 Å². The van der Waals surface area contributed by atoms with Crippen molar-refractivity contribution >= 4 is 38.6 Å². The highest BCUT2D eigenvalue weighted by Gasteiger charge is 2.17. The number of anilines is 2. The first-order valence-corrected chi connectivity index (χ1v) is 7.94. The molecule has 8 heteroatoms. The van der Waals surface area contributed by atoms with Crippen LogP contribution in [0.25, 0.3) is 0 Å². The van der Waals surface area contributed by atoms with E-state index in [0.717, 1.165) is 4.88 Å². The third-order valence-electron chi connectivity index (χ3n) is 2.62. The maximum absolute atomic E-state index is 12.1. The first kappa shape index (κ1) is 14.5. The van der Waals surface area contributed by atoms with Crippen LogP contribution in [-0.4, -0.2) is 14.3 Å². The van der Waals surface area contributed by atoms with E-state index in [0.29, 0.717) is 10.6 Å². The fraction of sp³-hybridized carbons (Fsp3) is 0.0833. The second-order valence-corrected chi connectivity index (χ2v) is 6.90. The van der Waals surface area contributed by atoms with E-state index in [2.05, 4.69) is 5.32 Å². The topological polar surface area (TPSA) is 115 Å². The molecule has 0 unspecified atom stereocenters. The van der Waals surface area contributed by atoms with Gasteiger partial charge in [-0.3, -0.25) is 4.79 Å². The van der Waals surface area contributed by atoms with Crippen molar-refractivity contribution in [3.05, 3.63) is 40.1 Å². The van der Waals surface area contributed by atoms with Crippen molar-refractivity contribution in [3.8, 4) is 0 Å². The quantitative estimate of drug-likeness (QED) is 0.797. The summed E-state index contributed by atoms with van der Waals surface area (Å²) in [4.78, 5) is 13.2. The van der Waals surface area contributed by atoms with Gasteiger partial charge in [-0.2, -0.15) is 0 Å². The zero-order valence-corrected chi connectivity index (χ0v) is 12.2. The molecule has 20 heavy (non-hydrogen) atoms. The first-order chi connectivity index (χ1) is 9.29. The normalized spacial score (nSPS) is 11.3. The molecule has 1 heterocycles. The molecule has 0 spiro atoms. The molecular weight excluding hydrogens is 298 g/mol. The number of carbonyl (C=O) groups is 1. The van der Waals surface area contributed by atoms with Crippen molar-refractivity contribution in [2.45, 2.75) is 11.8 Å². The van der Waals surface area contributed by atoms with Crippen LogP contribution in [0.5, 0.6) is 0 Å². The molecule has 2 aromatic rings. The van der Waals surface area contributed by atoms with Gasteiger partial charge >= 0.3 is 0 Å². The van der Waals surface area contributed by atoms with E-state index in [1.165, 1.54) is 29.5 Å². The Morgan fingerprint density at radius 1 is 1.30 bits per heavy atom. The Kier molecular flexibility index (Phi) is 3.80. The summed E-state index contributed by atoms with van der Waals surface area (Å²) in [5.74, 6) is -0.425. The van der Waals surface area contributed by atoms with Crippen molar-refractivity contribution in [2.75, 3.05) is 11.1 Å². The first-order valence-electron chi connectivity index (χ1n) is 5.58. The number of hydrogen-bond acceptors (Lipinski definition) is 5. The Hall–Kier alpha value is -1.90. The van der Waals surface area contributed by atoms with Crippen LogP contribution in [0, 0.1) is 6.92 Å². The minimum absolute atomic E-state index is 0.130. The highest BCUT2D eigenvalue weighted by atomic mass is 32.2. The van der Waals surface area contributed by atoms with Crippen LogP contribution >= 0.6 is 11.3 Å². The third-order valence-corrected chi connectivity index (χ3v) is 4.66. The number of para-hydroxylation sites is 1. The number of sulfonamides is 1. The molecule has 1 amide bonds. The molecule has 0 fully saturated rings. The maximum Gasteiger partial charge on any atom is 0.265 e. The second-order valence-electron chi connectivity index (χ2n) is 4.12. The van der Waals surface area contributed by atoms with Crippen LogP contribution in [0.1, 0.15) is 14.5 Å². The number of nitrogen functional groups attached to an aromatic ring is 1. The molecule has 2 rings (SSSR count). The third kappa shape index (κ3) is 2.98. The van der Waals surface area contributed by atoms with Gasteiger partial charge in [0.05, 0.1) is 10.6 Å². The lowest BCUT2D eigenvalue weighted by Gasteiger charge is -2.08. The monoisotopic (exact) mass is 311 g/mol. The van der Waals surface area contributed by atoms with Gasteiger partial charge in [0.1, 0.15) is 4.90 Å². The predicted molar refractivity (Wildman–Crippen MR) is 79.2 cm³/mol. The summed E-state index contributed by atoms with van der Waals surface area (Å²) in [5, 5.41) is 7.63. The molecule has 0 aliphatic rings. The van der Waals surface area contributed by atoms with Gasteiger partial charge in [0.15, 0.2) is 0 Å². The number of aryl methyl sites for hydroxylation is 1. The van der Waals surface area contributed by atoms with Crippen LogP contribution in [0.15, 0.2) is 35.2 Å².